The summed E-state index contributed by atoms with van der Waals surface area (Å²) in [6.07, 6.45) is 9.30. The summed E-state index contributed by atoms with van der Waals surface area (Å²) >= 11 is 0. The molecule has 2 saturated heterocycles. The van der Waals surface area contributed by atoms with Gasteiger partial charge in [0.2, 0.25) is 5.95 Å². The average Bonchev–Trinajstić information content (AvgIpc) is 3.66. The summed E-state index contributed by atoms with van der Waals surface area (Å²) in [7, 11) is -0.748. The van der Waals surface area contributed by atoms with E-state index in [2.05, 4.69) is 33.1 Å². The summed E-state index contributed by atoms with van der Waals surface area (Å²) < 4.78 is 29.5. The molecule has 4 aromatic heterocycles. The Balaban J connectivity index is 1.13. The third-order valence-corrected chi connectivity index (χ3v) is 9.71. The lowest BCUT2D eigenvalue weighted by atomic mass is 10.1. The van der Waals surface area contributed by atoms with Gasteiger partial charge in [-0.05, 0) is 70.1 Å². The molecule has 0 unspecified atom stereocenters. The van der Waals surface area contributed by atoms with Gasteiger partial charge >= 0.3 is 0 Å². The van der Waals surface area contributed by atoms with Crippen molar-refractivity contribution in [3.05, 3.63) is 55.0 Å². The van der Waals surface area contributed by atoms with Crippen LogP contribution in [0, 0.1) is 0 Å². The third kappa shape index (κ3) is 4.78. The molecule has 1 aromatic carbocycles. The van der Waals surface area contributed by atoms with Gasteiger partial charge in [-0.25, -0.2) is 12.9 Å². The minimum absolute atomic E-state index is 0.112. The monoisotopic (exact) mass is 545 g/mol. The van der Waals surface area contributed by atoms with Gasteiger partial charge in [-0.1, -0.05) is 12.1 Å². The van der Waals surface area contributed by atoms with E-state index < -0.39 is 9.84 Å². The highest BCUT2D eigenvalue weighted by Crippen LogP contribution is 2.29. The summed E-state index contributed by atoms with van der Waals surface area (Å²) in [6, 6.07) is 12.6. The zero-order valence-electron chi connectivity index (χ0n) is 21.8. The van der Waals surface area contributed by atoms with E-state index in [1.54, 1.807) is 0 Å². The van der Waals surface area contributed by atoms with Crippen molar-refractivity contribution >= 4 is 38.0 Å². The van der Waals surface area contributed by atoms with Gasteiger partial charge in [0.05, 0.1) is 46.7 Å². The number of rotatable bonds is 5. The van der Waals surface area contributed by atoms with E-state index in [4.69, 9.17) is 15.2 Å². The van der Waals surface area contributed by atoms with E-state index in [1.807, 2.05) is 58.1 Å². The minimum atomic E-state index is -2.91. The highest BCUT2D eigenvalue weighted by molar-refractivity contribution is 7.91. The highest BCUT2D eigenvalue weighted by atomic mass is 32.2. The van der Waals surface area contributed by atoms with Crippen LogP contribution in [0.1, 0.15) is 37.8 Å². The average molecular weight is 546 g/mol. The fourth-order valence-electron chi connectivity index (χ4n) is 5.70. The molecule has 1 N–H and O–H groups in total. The molecule has 0 bridgehead atoms. The fraction of sp³-hybridized carbons (Fsp3) is 0.407. The van der Waals surface area contributed by atoms with Crippen LogP contribution < -0.4 is 5.32 Å². The van der Waals surface area contributed by atoms with Crippen molar-refractivity contribution < 1.29 is 8.42 Å². The number of nitrogens with one attached hydrogen (secondary N) is 1. The Morgan fingerprint density at radius 1 is 0.923 bits per heavy atom. The van der Waals surface area contributed by atoms with Gasteiger partial charge in [-0.15, -0.1) is 5.10 Å². The Morgan fingerprint density at radius 2 is 1.72 bits per heavy atom. The van der Waals surface area contributed by atoms with Crippen LogP contribution in [0.4, 0.5) is 11.6 Å². The number of nitrogens with zero attached hydrogens (tertiary/aromatic N) is 8. The topological polar surface area (TPSA) is 115 Å². The first-order valence-corrected chi connectivity index (χ1v) is 15.3. The molecule has 6 heterocycles. The van der Waals surface area contributed by atoms with Crippen LogP contribution in [-0.2, 0) is 9.84 Å². The molecule has 2 aliphatic rings. The second kappa shape index (κ2) is 9.45. The Hall–Kier alpha value is -3.77. The lowest BCUT2D eigenvalue weighted by Gasteiger charge is -2.28. The van der Waals surface area contributed by atoms with Crippen LogP contribution in [0.15, 0.2) is 55.0 Å². The molecule has 12 heteroatoms. The normalized spacial score (nSPS) is 19.2. The molecule has 202 valence electrons. The van der Waals surface area contributed by atoms with Gasteiger partial charge < -0.3 is 10.2 Å². The maximum Gasteiger partial charge on any atom is 0.247 e. The van der Waals surface area contributed by atoms with Crippen molar-refractivity contribution in [1.29, 1.82) is 0 Å². The predicted octanol–water partition coefficient (Wildman–Crippen LogP) is 3.70. The Morgan fingerprint density at radius 3 is 2.54 bits per heavy atom. The van der Waals surface area contributed by atoms with E-state index in [-0.39, 0.29) is 17.5 Å². The molecule has 7 rings (SSSR count). The van der Waals surface area contributed by atoms with Gasteiger partial charge in [-0.2, -0.15) is 15.2 Å². The first-order valence-electron chi connectivity index (χ1n) is 13.5. The van der Waals surface area contributed by atoms with Crippen LogP contribution in [0.25, 0.3) is 27.8 Å². The summed E-state index contributed by atoms with van der Waals surface area (Å²) in [5.74, 6) is 0.970. The molecule has 5 aromatic rings. The number of hydrogen-bond donors (Lipinski definition) is 1. The molecule has 11 nitrogen and oxygen atoms in total. The van der Waals surface area contributed by atoms with Crippen LogP contribution in [0.5, 0.6) is 0 Å². The largest absolute Gasteiger partial charge is 0.320 e. The molecule has 0 amide bonds. The van der Waals surface area contributed by atoms with Crippen molar-refractivity contribution in [3.8, 4) is 11.3 Å². The third-order valence-electron chi connectivity index (χ3n) is 8.00. The fourth-order valence-corrected chi connectivity index (χ4v) is 7.17. The Bertz CT molecular complexity index is 1750. The van der Waals surface area contributed by atoms with Gasteiger partial charge in [-0.3, -0.25) is 9.36 Å². The molecule has 0 spiro atoms. The number of hydrogen-bond acceptors (Lipinski definition) is 8. The van der Waals surface area contributed by atoms with Gasteiger partial charge in [0, 0.05) is 23.3 Å². The SMILES string of the molecule is CN1CCC(n2cc(Nc3nc4cccc(-c5ccc6nn(C7CCS(=O)(=O)CC7)cc6c5)n4n3)cn2)CC1. The molecular formula is C27H31N9O2S. The van der Waals surface area contributed by atoms with E-state index in [0.717, 1.165) is 59.4 Å². The second-order valence-electron chi connectivity index (χ2n) is 10.8. The van der Waals surface area contributed by atoms with Crippen LogP contribution in [0.3, 0.4) is 0 Å². The maximum atomic E-state index is 11.8. The van der Waals surface area contributed by atoms with Crippen molar-refractivity contribution in [3.63, 3.8) is 0 Å². The van der Waals surface area contributed by atoms with Crippen molar-refractivity contribution in [1.82, 2.24) is 39.1 Å². The second-order valence-corrected chi connectivity index (χ2v) is 13.1. The number of fused-ring (bicyclic) bond motifs is 2. The number of aromatic nitrogens is 7. The number of sulfone groups is 1. The number of anilines is 2. The van der Waals surface area contributed by atoms with E-state index >= 15 is 0 Å². The van der Waals surface area contributed by atoms with Crippen molar-refractivity contribution in [2.75, 3.05) is 37.0 Å². The highest BCUT2D eigenvalue weighted by Gasteiger charge is 2.25. The zero-order valence-corrected chi connectivity index (χ0v) is 22.6. The van der Waals surface area contributed by atoms with Crippen LogP contribution in [0.2, 0.25) is 0 Å². The number of likely N-dealkylation sites (tertiary alicyclic amines) is 1. The van der Waals surface area contributed by atoms with E-state index in [0.29, 0.717) is 24.8 Å². The summed E-state index contributed by atoms with van der Waals surface area (Å²) in [4.78, 5) is 7.05. The van der Waals surface area contributed by atoms with Crippen LogP contribution >= 0.6 is 0 Å². The number of piperidine rings is 1. The molecule has 0 atom stereocenters. The quantitative estimate of drug-likeness (QED) is 0.356. The molecule has 39 heavy (non-hydrogen) atoms. The van der Waals surface area contributed by atoms with Gasteiger partial charge in [0.1, 0.15) is 9.84 Å². The maximum absolute atomic E-state index is 11.8. The summed E-state index contributed by atoms with van der Waals surface area (Å²) in [5.41, 5.74) is 4.44. The first-order chi connectivity index (χ1) is 18.9. The number of pyridine rings is 1. The summed E-state index contributed by atoms with van der Waals surface area (Å²) in [6.45, 7) is 2.17. The van der Waals surface area contributed by atoms with Crippen LogP contribution in [-0.4, -0.2) is 79.1 Å². The zero-order chi connectivity index (χ0) is 26.6. The summed E-state index contributed by atoms with van der Waals surface area (Å²) in [5, 5.41) is 18.4. The molecular weight excluding hydrogens is 514 g/mol. The number of benzene rings is 1. The molecule has 0 aliphatic carbocycles. The Labute approximate surface area is 226 Å². The van der Waals surface area contributed by atoms with Gasteiger partial charge in [0.15, 0.2) is 5.65 Å². The first kappa shape index (κ1) is 24.3. The molecule has 0 radical (unpaired) electrons. The Kier molecular flexibility index (Phi) is 5.89. The lowest BCUT2D eigenvalue weighted by Crippen LogP contribution is -2.31. The molecule has 0 saturated carbocycles. The lowest BCUT2D eigenvalue weighted by molar-refractivity contribution is 0.212. The van der Waals surface area contributed by atoms with Gasteiger partial charge in [0.25, 0.3) is 0 Å². The minimum Gasteiger partial charge on any atom is -0.320 e. The smallest absolute Gasteiger partial charge is 0.247 e. The molecule has 2 fully saturated rings. The van der Waals surface area contributed by atoms with E-state index in [1.165, 1.54) is 0 Å². The van der Waals surface area contributed by atoms with E-state index in [9.17, 15) is 8.42 Å². The standard InChI is InChI=1S/C27H31N9O2S/c1-33-11-7-22(8-12-33)34-18-21(16-28-34)29-27-30-26-4-2-3-25(36(26)32-27)19-5-6-24-20(15-19)17-35(31-24)23-9-13-39(37,38)14-10-23/h2-6,15-18,22-23H,7-14H2,1H3,(H,29,32). The van der Waals surface area contributed by atoms with Crippen molar-refractivity contribution in [2.45, 2.75) is 37.8 Å². The molecule has 2 aliphatic heterocycles. The predicted molar refractivity (Wildman–Crippen MR) is 150 cm³/mol. The van der Waals surface area contributed by atoms with Crippen molar-refractivity contribution in [2.24, 2.45) is 0 Å².